The Bertz CT molecular complexity index is 790. The summed E-state index contributed by atoms with van der Waals surface area (Å²) < 4.78 is 19.0. The molecule has 156 valence electrons. The highest BCUT2D eigenvalue weighted by Crippen LogP contribution is 2.25. The molecule has 29 heavy (non-hydrogen) atoms. The first kappa shape index (κ1) is 21.3. The van der Waals surface area contributed by atoms with Crippen LogP contribution in [0.15, 0.2) is 59.6 Å². The highest BCUT2D eigenvalue weighted by atomic mass is 19.1. The molecule has 1 aliphatic rings. The van der Waals surface area contributed by atoms with Crippen LogP contribution in [-0.4, -0.2) is 38.3 Å². The molecule has 0 spiro atoms. The fraction of sp³-hybridized carbons (Fsp3) is 0.435. The lowest BCUT2D eigenvalue weighted by atomic mass is 9.88. The van der Waals surface area contributed by atoms with Crippen LogP contribution in [0.2, 0.25) is 0 Å². The number of rotatable bonds is 7. The average Bonchev–Trinajstić information content (AvgIpc) is 2.75. The number of nitrogens with zero attached hydrogens (tertiary/aromatic N) is 1. The molecular formula is C23H31FN4O. The number of ether oxygens (including phenoxy) is 1. The molecule has 0 aromatic heterocycles. The zero-order valence-electron chi connectivity index (χ0n) is 17.2. The monoisotopic (exact) mass is 398 g/mol. The van der Waals surface area contributed by atoms with Crippen LogP contribution < -0.4 is 16.0 Å². The van der Waals surface area contributed by atoms with E-state index in [2.05, 4.69) is 52.1 Å². The van der Waals surface area contributed by atoms with E-state index in [1.54, 1.807) is 13.1 Å². The molecular weight excluding hydrogens is 367 g/mol. The molecule has 0 radical (unpaired) electrons. The third-order valence-corrected chi connectivity index (χ3v) is 5.44. The topological polar surface area (TPSA) is 57.7 Å². The van der Waals surface area contributed by atoms with Gasteiger partial charge in [-0.3, -0.25) is 4.99 Å². The quantitative estimate of drug-likeness (QED) is 0.494. The minimum Gasteiger partial charge on any atom is -0.381 e. The Kier molecular flexibility index (Phi) is 7.61. The van der Waals surface area contributed by atoms with E-state index < -0.39 is 0 Å². The first-order chi connectivity index (χ1) is 14.1. The third-order valence-electron chi connectivity index (χ3n) is 5.44. The molecule has 1 atom stereocenters. The Balaban J connectivity index is 1.60. The van der Waals surface area contributed by atoms with Gasteiger partial charge in [0.2, 0.25) is 0 Å². The van der Waals surface area contributed by atoms with Gasteiger partial charge in [-0.15, -0.1) is 0 Å². The SMILES string of the molecule is CN=C(NCc1cccc(F)c1)NCC1(NC(C)c2ccccc2)CCOCC1. The van der Waals surface area contributed by atoms with Gasteiger partial charge in [0.25, 0.3) is 0 Å². The molecule has 1 fully saturated rings. The third kappa shape index (κ3) is 6.27. The van der Waals surface area contributed by atoms with Crippen LogP contribution in [0, 0.1) is 5.82 Å². The van der Waals surface area contributed by atoms with Crippen LogP contribution in [0.1, 0.15) is 36.9 Å². The lowest BCUT2D eigenvalue weighted by Crippen LogP contribution is -2.58. The van der Waals surface area contributed by atoms with E-state index in [-0.39, 0.29) is 17.4 Å². The number of aliphatic imine (C=N–C) groups is 1. The van der Waals surface area contributed by atoms with Crippen molar-refractivity contribution >= 4 is 5.96 Å². The Hall–Kier alpha value is -2.44. The fourth-order valence-corrected chi connectivity index (χ4v) is 3.72. The number of nitrogens with one attached hydrogen (secondary N) is 3. The van der Waals surface area contributed by atoms with Crippen LogP contribution in [0.3, 0.4) is 0 Å². The first-order valence-electron chi connectivity index (χ1n) is 10.2. The van der Waals surface area contributed by atoms with E-state index in [4.69, 9.17) is 4.74 Å². The van der Waals surface area contributed by atoms with Crippen LogP contribution >= 0.6 is 0 Å². The van der Waals surface area contributed by atoms with Gasteiger partial charge in [0, 0.05) is 44.9 Å². The summed E-state index contributed by atoms with van der Waals surface area (Å²) in [4.78, 5) is 4.32. The second-order valence-corrected chi connectivity index (χ2v) is 7.58. The Labute approximate surface area is 172 Å². The van der Waals surface area contributed by atoms with Crippen molar-refractivity contribution in [2.75, 3.05) is 26.8 Å². The van der Waals surface area contributed by atoms with Crippen molar-refractivity contribution in [3.05, 3.63) is 71.5 Å². The Morgan fingerprint density at radius 1 is 1.10 bits per heavy atom. The van der Waals surface area contributed by atoms with Gasteiger partial charge >= 0.3 is 0 Å². The van der Waals surface area contributed by atoms with Crippen molar-refractivity contribution in [1.29, 1.82) is 0 Å². The minimum atomic E-state index is -0.229. The largest absolute Gasteiger partial charge is 0.381 e. The maximum atomic E-state index is 13.4. The van der Waals surface area contributed by atoms with E-state index in [1.165, 1.54) is 17.7 Å². The molecule has 2 aromatic carbocycles. The van der Waals surface area contributed by atoms with E-state index in [0.29, 0.717) is 12.5 Å². The average molecular weight is 399 g/mol. The highest BCUT2D eigenvalue weighted by Gasteiger charge is 2.34. The van der Waals surface area contributed by atoms with E-state index >= 15 is 0 Å². The number of hydrogen-bond donors (Lipinski definition) is 3. The lowest BCUT2D eigenvalue weighted by molar-refractivity contribution is 0.0355. The predicted molar refractivity (Wildman–Crippen MR) is 115 cm³/mol. The van der Waals surface area contributed by atoms with Crippen LogP contribution in [-0.2, 0) is 11.3 Å². The molecule has 5 nitrogen and oxygen atoms in total. The summed E-state index contributed by atoms with van der Waals surface area (Å²) in [5.74, 6) is 0.474. The second-order valence-electron chi connectivity index (χ2n) is 7.58. The van der Waals surface area contributed by atoms with E-state index in [1.807, 2.05) is 12.1 Å². The van der Waals surface area contributed by atoms with Crippen molar-refractivity contribution in [3.63, 3.8) is 0 Å². The molecule has 3 rings (SSSR count). The van der Waals surface area contributed by atoms with Crippen LogP contribution in [0.5, 0.6) is 0 Å². The number of halogens is 1. The maximum Gasteiger partial charge on any atom is 0.191 e. The van der Waals surface area contributed by atoms with E-state index in [0.717, 1.165) is 38.2 Å². The normalized spacial score (nSPS) is 17.6. The second kappa shape index (κ2) is 10.4. The van der Waals surface area contributed by atoms with Gasteiger partial charge in [-0.25, -0.2) is 4.39 Å². The lowest BCUT2D eigenvalue weighted by Gasteiger charge is -2.41. The fourth-order valence-electron chi connectivity index (χ4n) is 3.72. The summed E-state index contributed by atoms with van der Waals surface area (Å²) in [5, 5.41) is 10.6. The molecule has 3 N–H and O–H groups in total. The predicted octanol–water partition coefficient (Wildman–Crippen LogP) is 3.39. The van der Waals surface area contributed by atoms with Gasteiger partial charge in [0.15, 0.2) is 5.96 Å². The smallest absolute Gasteiger partial charge is 0.191 e. The van der Waals surface area contributed by atoms with Crippen LogP contribution in [0.25, 0.3) is 0 Å². The summed E-state index contributed by atoms with van der Waals surface area (Å²) in [6.07, 6.45) is 1.86. The molecule has 0 aliphatic carbocycles. The van der Waals surface area contributed by atoms with Gasteiger partial charge in [0.1, 0.15) is 5.82 Å². The van der Waals surface area contributed by atoms with Crippen molar-refractivity contribution in [2.45, 2.75) is 37.9 Å². The van der Waals surface area contributed by atoms with Gasteiger partial charge in [-0.2, -0.15) is 0 Å². The molecule has 0 bridgehead atoms. The molecule has 1 unspecified atom stereocenters. The first-order valence-corrected chi connectivity index (χ1v) is 10.2. The Morgan fingerprint density at radius 2 is 1.86 bits per heavy atom. The van der Waals surface area contributed by atoms with Crippen molar-refractivity contribution < 1.29 is 9.13 Å². The number of hydrogen-bond acceptors (Lipinski definition) is 3. The summed E-state index contributed by atoms with van der Waals surface area (Å²) in [7, 11) is 1.75. The summed E-state index contributed by atoms with van der Waals surface area (Å²) in [6, 6.07) is 17.3. The molecule has 0 amide bonds. The Morgan fingerprint density at radius 3 is 2.55 bits per heavy atom. The highest BCUT2D eigenvalue weighted by molar-refractivity contribution is 5.79. The molecule has 1 saturated heterocycles. The number of benzene rings is 2. The van der Waals surface area contributed by atoms with Crippen molar-refractivity contribution in [2.24, 2.45) is 4.99 Å². The van der Waals surface area contributed by atoms with Gasteiger partial charge in [0.05, 0.1) is 0 Å². The molecule has 1 aliphatic heterocycles. The van der Waals surface area contributed by atoms with Crippen molar-refractivity contribution in [1.82, 2.24) is 16.0 Å². The van der Waals surface area contributed by atoms with Gasteiger partial charge in [-0.1, -0.05) is 42.5 Å². The minimum absolute atomic E-state index is 0.0794. The molecule has 1 heterocycles. The van der Waals surface area contributed by atoms with Gasteiger partial charge < -0.3 is 20.7 Å². The summed E-state index contributed by atoms with van der Waals surface area (Å²) >= 11 is 0. The summed E-state index contributed by atoms with van der Waals surface area (Å²) in [6.45, 7) is 4.93. The van der Waals surface area contributed by atoms with Gasteiger partial charge in [-0.05, 0) is 43.0 Å². The molecule has 2 aromatic rings. The zero-order valence-corrected chi connectivity index (χ0v) is 17.2. The zero-order chi connectivity index (χ0) is 20.5. The van der Waals surface area contributed by atoms with Crippen LogP contribution in [0.4, 0.5) is 4.39 Å². The summed E-state index contributed by atoms with van der Waals surface area (Å²) in [5.41, 5.74) is 2.07. The van der Waals surface area contributed by atoms with E-state index in [9.17, 15) is 4.39 Å². The number of guanidine groups is 1. The van der Waals surface area contributed by atoms with Crippen molar-refractivity contribution in [3.8, 4) is 0 Å². The molecule has 0 saturated carbocycles. The molecule has 6 heteroatoms. The standard InChI is InChI=1S/C23H31FN4O/c1-18(20-8-4-3-5-9-20)28-23(11-13-29-14-12-23)17-27-22(25-2)26-16-19-7-6-10-21(24)15-19/h3-10,15,18,28H,11-14,16-17H2,1-2H3,(H2,25,26,27). The maximum absolute atomic E-state index is 13.4.